The summed E-state index contributed by atoms with van der Waals surface area (Å²) in [4.78, 5) is 19.5. The molecule has 2 rings (SSSR count). The van der Waals surface area contributed by atoms with Gasteiger partial charge in [0.2, 0.25) is 0 Å². The number of hydrogen-bond donors (Lipinski definition) is 2. The Morgan fingerprint density at radius 3 is 2.78 bits per heavy atom. The van der Waals surface area contributed by atoms with Crippen molar-refractivity contribution in [1.29, 1.82) is 0 Å². The molecule has 5 heteroatoms. The van der Waals surface area contributed by atoms with Crippen LogP contribution in [0.5, 0.6) is 5.75 Å². The second-order valence-corrected chi connectivity index (χ2v) is 3.76. The van der Waals surface area contributed by atoms with Gasteiger partial charge in [0.1, 0.15) is 5.75 Å². The van der Waals surface area contributed by atoms with E-state index in [1.54, 1.807) is 12.4 Å². The molecule has 18 heavy (non-hydrogen) atoms. The van der Waals surface area contributed by atoms with Gasteiger partial charge in [-0.3, -0.25) is 14.8 Å². The molecular weight excluding hydrogens is 230 g/mol. The number of aromatic nitrogens is 2. The first-order valence-electron chi connectivity index (χ1n) is 5.57. The minimum Gasteiger partial charge on any atom is -0.505 e. The van der Waals surface area contributed by atoms with Crippen molar-refractivity contribution in [2.45, 2.75) is 6.42 Å². The Morgan fingerprint density at radius 2 is 2.06 bits per heavy atom. The summed E-state index contributed by atoms with van der Waals surface area (Å²) in [6.07, 6.45) is 6.88. The number of rotatable bonds is 4. The van der Waals surface area contributed by atoms with Crippen molar-refractivity contribution in [2.75, 3.05) is 6.54 Å². The summed E-state index contributed by atoms with van der Waals surface area (Å²) in [5.41, 5.74) is 1.29. The van der Waals surface area contributed by atoms with Crippen LogP contribution >= 0.6 is 0 Å². The normalized spacial score (nSPS) is 10.0. The number of carbonyl (C=O) groups is 1. The van der Waals surface area contributed by atoms with Gasteiger partial charge in [0.25, 0.3) is 5.91 Å². The van der Waals surface area contributed by atoms with Crippen LogP contribution in [0.25, 0.3) is 0 Å². The topological polar surface area (TPSA) is 75.1 Å². The minimum absolute atomic E-state index is 0.114. The lowest BCUT2D eigenvalue weighted by Gasteiger charge is -2.06. The van der Waals surface area contributed by atoms with Crippen LogP contribution in [-0.2, 0) is 6.42 Å². The summed E-state index contributed by atoms with van der Waals surface area (Å²) in [7, 11) is 0. The number of amides is 1. The van der Waals surface area contributed by atoms with E-state index in [1.165, 1.54) is 18.5 Å². The summed E-state index contributed by atoms with van der Waals surface area (Å²) in [5, 5.41) is 12.2. The Morgan fingerprint density at radius 1 is 1.22 bits per heavy atom. The van der Waals surface area contributed by atoms with Crippen molar-refractivity contribution >= 4 is 5.91 Å². The number of aromatic hydroxyl groups is 1. The quantitative estimate of drug-likeness (QED) is 0.844. The summed E-state index contributed by atoms with van der Waals surface area (Å²) in [5.74, 6) is -0.421. The molecule has 0 saturated heterocycles. The van der Waals surface area contributed by atoms with Gasteiger partial charge in [0.05, 0.1) is 11.8 Å². The first kappa shape index (κ1) is 12.0. The molecule has 0 aliphatic heterocycles. The third-order valence-corrected chi connectivity index (χ3v) is 2.47. The third kappa shape index (κ3) is 3.04. The van der Waals surface area contributed by atoms with Crippen molar-refractivity contribution in [1.82, 2.24) is 15.3 Å². The predicted octanol–water partition coefficient (Wildman–Crippen LogP) is 1.15. The maximum absolute atomic E-state index is 11.7. The van der Waals surface area contributed by atoms with E-state index in [1.807, 2.05) is 12.1 Å². The molecule has 0 unspecified atom stereocenters. The summed E-state index contributed by atoms with van der Waals surface area (Å²) in [6, 6.07) is 5.28. The molecule has 0 fully saturated rings. The van der Waals surface area contributed by atoms with Gasteiger partial charge in [0, 0.05) is 25.1 Å². The zero-order valence-electron chi connectivity index (χ0n) is 9.71. The van der Waals surface area contributed by atoms with Crippen LogP contribution in [0, 0.1) is 0 Å². The molecule has 0 aliphatic rings. The monoisotopic (exact) mass is 243 g/mol. The second-order valence-electron chi connectivity index (χ2n) is 3.76. The Bertz CT molecular complexity index is 529. The van der Waals surface area contributed by atoms with E-state index in [0.29, 0.717) is 13.0 Å². The van der Waals surface area contributed by atoms with Crippen LogP contribution < -0.4 is 5.32 Å². The van der Waals surface area contributed by atoms with Crippen LogP contribution in [0.4, 0.5) is 0 Å². The van der Waals surface area contributed by atoms with Crippen LogP contribution in [0.2, 0.25) is 0 Å². The van der Waals surface area contributed by atoms with Crippen LogP contribution in [0.3, 0.4) is 0 Å². The van der Waals surface area contributed by atoms with Crippen molar-refractivity contribution < 1.29 is 9.90 Å². The molecule has 1 amide bonds. The molecule has 5 nitrogen and oxygen atoms in total. The Hall–Kier alpha value is -2.43. The maximum atomic E-state index is 11.7. The highest BCUT2D eigenvalue weighted by molar-refractivity contribution is 5.96. The lowest BCUT2D eigenvalue weighted by atomic mass is 10.2. The number of pyridine rings is 2. The highest BCUT2D eigenvalue weighted by Crippen LogP contribution is 2.13. The molecule has 2 heterocycles. The Balaban J connectivity index is 1.88. The van der Waals surface area contributed by atoms with E-state index in [-0.39, 0.29) is 17.2 Å². The molecule has 92 valence electrons. The number of hydrogen-bond acceptors (Lipinski definition) is 4. The van der Waals surface area contributed by atoms with Crippen molar-refractivity contribution in [3.63, 3.8) is 0 Å². The van der Waals surface area contributed by atoms with Crippen LogP contribution in [0.15, 0.2) is 43.0 Å². The van der Waals surface area contributed by atoms with E-state index >= 15 is 0 Å². The predicted molar refractivity (Wildman–Crippen MR) is 66.2 cm³/mol. The fourth-order valence-electron chi connectivity index (χ4n) is 1.54. The summed E-state index contributed by atoms with van der Waals surface area (Å²) < 4.78 is 0. The van der Waals surface area contributed by atoms with Gasteiger partial charge in [-0.05, 0) is 24.1 Å². The SMILES string of the molecule is O=C(NCCc1cccnc1)c1ccncc1O. The van der Waals surface area contributed by atoms with Gasteiger partial charge in [-0.2, -0.15) is 0 Å². The molecule has 0 spiro atoms. The zero-order valence-corrected chi connectivity index (χ0v) is 9.71. The molecule has 0 aromatic carbocycles. The van der Waals surface area contributed by atoms with Gasteiger partial charge in [-0.15, -0.1) is 0 Å². The smallest absolute Gasteiger partial charge is 0.255 e. The first-order valence-corrected chi connectivity index (χ1v) is 5.57. The van der Waals surface area contributed by atoms with Crippen LogP contribution in [0.1, 0.15) is 15.9 Å². The van der Waals surface area contributed by atoms with Crippen molar-refractivity contribution in [3.8, 4) is 5.75 Å². The summed E-state index contributed by atoms with van der Waals surface area (Å²) >= 11 is 0. The molecule has 0 radical (unpaired) electrons. The van der Waals surface area contributed by atoms with Crippen LogP contribution in [-0.4, -0.2) is 27.5 Å². The molecule has 2 aromatic rings. The second kappa shape index (κ2) is 5.77. The Kier molecular flexibility index (Phi) is 3.86. The van der Waals surface area contributed by atoms with Gasteiger partial charge in [0.15, 0.2) is 0 Å². The fourth-order valence-corrected chi connectivity index (χ4v) is 1.54. The molecule has 0 atom stereocenters. The zero-order chi connectivity index (χ0) is 12.8. The van der Waals surface area contributed by atoms with Gasteiger partial charge in [-0.1, -0.05) is 6.07 Å². The maximum Gasteiger partial charge on any atom is 0.255 e. The largest absolute Gasteiger partial charge is 0.505 e. The minimum atomic E-state index is -0.307. The average molecular weight is 243 g/mol. The number of carbonyl (C=O) groups excluding carboxylic acids is 1. The lowest BCUT2D eigenvalue weighted by molar-refractivity contribution is 0.0951. The van der Waals surface area contributed by atoms with Crippen molar-refractivity contribution in [3.05, 3.63) is 54.1 Å². The van der Waals surface area contributed by atoms with E-state index in [0.717, 1.165) is 5.56 Å². The standard InChI is InChI=1S/C13H13N3O2/c17-12-9-15-6-4-11(12)13(18)16-7-3-10-2-1-5-14-8-10/h1-2,4-6,8-9,17H,3,7H2,(H,16,18). The fraction of sp³-hybridized carbons (Fsp3) is 0.154. The van der Waals surface area contributed by atoms with E-state index in [4.69, 9.17) is 0 Å². The molecule has 0 bridgehead atoms. The summed E-state index contributed by atoms with van der Waals surface area (Å²) in [6.45, 7) is 0.492. The molecule has 0 saturated carbocycles. The molecule has 2 aromatic heterocycles. The molecular formula is C13H13N3O2. The number of nitrogens with zero attached hydrogens (tertiary/aromatic N) is 2. The van der Waals surface area contributed by atoms with E-state index in [9.17, 15) is 9.90 Å². The van der Waals surface area contributed by atoms with E-state index in [2.05, 4.69) is 15.3 Å². The lowest BCUT2D eigenvalue weighted by Crippen LogP contribution is -2.25. The highest BCUT2D eigenvalue weighted by Gasteiger charge is 2.09. The third-order valence-electron chi connectivity index (χ3n) is 2.47. The van der Waals surface area contributed by atoms with Gasteiger partial charge < -0.3 is 10.4 Å². The number of nitrogens with one attached hydrogen (secondary N) is 1. The van der Waals surface area contributed by atoms with Crippen molar-refractivity contribution in [2.24, 2.45) is 0 Å². The molecule has 2 N–H and O–H groups in total. The average Bonchev–Trinajstić information content (AvgIpc) is 2.40. The van der Waals surface area contributed by atoms with Gasteiger partial charge >= 0.3 is 0 Å². The Labute approximate surface area is 105 Å². The first-order chi connectivity index (χ1) is 8.77. The highest BCUT2D eigenvalue weighted by atomic mass is 16.3. The van der Waals surface area contributed by atoms with E-state index < -0.39 is 0 Å². The molecule has 0 aliphatic carbocycles. The van der Waals surface area contributed by atoms with Gasteiger partial charge in [-0.25, -0.2) is 0 Å².